The zero-order valence-electron chi connectivity index (χ0n) is 15.0. The number of aryl methyl sites for hydroxylation is 1. The number of nitrogens with zero attached hydrogens (tertiary/aromatic N) is 4. The van der Waals surface area contributed by atoms with E-state index in [4.69, 9.17) is 0 Å². The lowest BCUT2D eigenvalue weighted by Gasteiger charge is -2.09. The molecule has 0 saturated carbocycles. The molecule has 0 unspecified atom stereocenters. The fourth-order valence-corrected chi connectivity index (χ4v) is 3.24. The van der Waals surface area contributed by atoms with Gasteiger partial charge in [0.1, 0.15) is 6.33 Å². The molecular formula is C20H16BrN5O2. The summed E-state index contributed by atoms with van der Waals surface area (Å²) in [4.78, 5) is 29.1. The number of hydrogen-bond donors (Lipinski definition) is 1. The SMILES string of the molecule is Cn1c(=O)cc(C(=O)Nc2ncn(Cc3ccc(Br)cc3)n2)c2ccccc21. The number of hydrogen-bond acceptors (Lipinski definition) is 4. The molecule has 0 aliphatic rings. The van der Waals surface area contributed by atoms with Crippen molar-refractivity contribution in [3.05, 3.63) is 86.9 Å². The number of anilines is 1. The molecule has 0 spiro atoms. The second kappa shape index (κ2) is 7.40. The summed E-state index contributed by atoms with van der Waals surface area (Å²) >= 11 is 3.40. The summed E-state index contributed by atoms with van der Waals surface area (Å²) in [7, 11) is 1.68. The number of carbonyl (C=O) groups excluding carboxylic acids is 1. The van der Waals surface area contributed by atoms with Crippen molar-refractivity contribution in [3.63, 3.8) is 0 Å². The Labute approximate surface area is 168 Å². The second-order valence-corrected chi connectivity index (χ2v) is 7.23. The predicted molar refractivity (Wildman–Crippen MR) is 110 cm³/mol. The van der Waals surface area contributed by atoms with Crippen molar-refractivity contribution in [1.29, 1.82) is 0 Å². The number of halogens is 1. The lowest BCUT2D eigenvalue weighted by Crippen LogP contribution is -2.22. The first kappa shape index (κ1) is 18.1. The highest BCUT2D eigenvalue weighted by Gasteiger charge is 2.15. The lowest BCUT2D eigenvalue weighted by molar-refractivity contribution is 0.102. The van der Waals surface area contributed by atoms with E-state index in [0.29, 0.717) is 23.0 Å². The first-order valence-corrected chi connectivity index (χ1v) is 9.34. The molecule has 0 aliphatic carbocycles. The number of pyridine rings is 1. The van der Waals surface area contributed by atoms with E-state index in [-0.39, 0.29) is 11.5 Å². The summed E-state index contributed by atoms with van der Waals surface area (Å²) in [6.07, 6.45) is 1.56. The molecule has 1 N–H and O–H groups in total. The number of aromatic nitrogens is 4. The van der Waals surface area contributed by atoms with Crippen molar-refractivity contribution in [1.82, 2.24) is 19.3 Å². The van der Waals surface area contributed by atoms with Gasteiger partial charge in [-0.15, -0.1) is 5.10 Å². The van der Waals surface area contributed by atoms with Crippen LogP contribution in [0.15, 0.2) is 70.2 Å². The minimum absolute atomic E-state index is 0.187. The molecule has 2 heterocycles. The number of fused-ring (bicyclic) bond motifs is 1. The van der Waals surface area contributed by atoms with Gasteiger partial charge in [-0.3, -0.25) is 14.9 Å². The molecule has 0 saturated heterocycles. The van der Waals surface area contributed by atoms with Crippen LogP contribution < -0.4 is 10.9 Å². The quantitative estimate of drug-likeness (QED) is 0.531. The summed E-state index contributed by atoms with van der Waals surface area (Å²) in [5.41, 5.74) is 1.79. The third-order valence-corrected chi connectivity index (χ3v) is 4.95. The maximum Gasteiger partial charge on any atom is 0.258 e. The lowest BCUT2D eigenvalue weighted by atomic mass is 10.1. The van der Waals surface area contributed by atoms with E-state index in [0.717, 1.165) is 10.0 Å². The third-order valence-electron chi connectivity index (χ3n) is 4.42. The van der Waals surface area contributed by atoms with Crippen LogP contribution in [0.2, 0.25) is 0 Å². The first-order valence-electron chi connectivity index (χ1n) is 8.55. The number of amides is 1. The van der Waals surface area contributed by atoms with Gasteiger partial charge in [-0.1, -0.05) is 46.3 Å². The molecule has 2 aromatic heterocycles. The second-order valence-electron chi connectivity index (χ2n) is 6.32. The summed E-state index contributed by atoms with van der Waals surface area (Å²) < 4.78 is 4.15. The molecule has 4 rings (SSSR count). The molecule has 1 amide bonds. The number of rotatable bonds is 4. The van der Waals surface area contributed by atoms with Gasteiger partial charge >= 0.3 is 0 Å². The van der Waals surface area contributed by atoms with Crippen LogP contribution in [0.25, 0.3) is 10.9 Å². The topological polar surface area (TPSA) is 81.8 Å². The van der Waals surface area contributed by atoms with Gasteiger partial charge in [-0.25, -0.2) is 9.67 Å². The number of benzene rings is 2. The summed E-state index contributed by atoms with van der Waals surface area (Å²) in [6.45, 7) is 0.533. The molecule has 0 aliphatic heterocycles. The monoisotopic (exact) mass is 437 g/mol. The smallest absolute Gasteiger partial charge is 0.258 e. The summed E-state index contributed by atoms with van der Waals surface area (Å²) in [5.74, 6) is -0.234. The van der Waals surface area contributed by atoms with Gasteiger partial charge in [0, 0.05) is 23.0 Å². The maximum atomic E-state index is 12.7. The van der Waals surface area contributed by atoms with E-state index in [1.807, 2.05) is 42.5 Å². The summed E-state index contributed by atoms with van der Waals surface area (Å²) in [6, 6.07) is 16.5. The minimum Gasteiger partial charge on any atom is -0.311 e. The molecule has 0 fully saturated rings. The van der Waals surface area contributed by atoms with Gasteiger partial charge in [0.15, 0.2) is 0 Å². The fourth-order valence-electron chi connectivity index (χ4n) is 2.97. The fraction of sp³-hybridized carbons (Fsp3) is 0.100. The molecular weight excluding hydrogens is 422 g/mol. The van der Waals surface area contributed by atoms with Crippen LogP contribution in [0, 0.1) is 0 Å². The van der Waals surface area contributed by atoms with Gasteiger partial charge in [0.05, 0.1) is 17.6 Å². The Bertz CT molecular complexity index is 1230. The van der Waals surface area contributed by atoms with Crippen molar-refractivity contribution >= 4 is 38.7 Å². The zero-order chi connectivity index (χ0) is 19.7. The predicted octanol–water partition coefficient (Wildman–Crippen LogP) is 3.19. The highest BCUT2D eigenvalue weighted by Crippen LogP contribution is 2.17. The average Bonchev–Trinajstić information content (AvgIpc) is 3.13. The van der Waals surface area contributed by atoms with E-state index in [2.05, 4.69) is 31.3 Å². The Morgan fingerprint density at radius 2 is 1.89 bits per heavy atom. The normalized spacial score (nSPS) is 10.9. The Morgan fingerprint density at radius 3 is 2.68 bits per heavy atom. The van der Waals surface area contributed by atoms with Crippen LogP contribution in [-0.4, -0.2) is 25.2 Å². The molecule has 2 aromatic carbocycles. The van der Waals surface area contributed by atoms with Crippen molar-refractivity contribution < 1.29 is 4.79 Å². The van der Waals surface area contributed by atoms with Crippen LogP contribution in [-0.2, 0) is 13.6 Å². The van der Waals surface area contributed by atoms with Crippen LogP contribution >= 0.6 is 15.9 Å². The third kappa shape index (κ3) is 3.59. The molecule has 8 heteroatoms. The van der Waals surface area contributed by atoms with Gasteiger partial charge in [0.2, 0.25) is 5.95 Å². The van der Waals surface area contributed by atoms with E-state index in [9.17, 15) is 9.59 Å². The molecule has 140 valence electrons. The largest absolute Gasteiger partial charge is 0.311 e. The van der Waals surface area contributed by atoms with Crippen molar-refractivity contribution in [2.24, 2.45) is 7.05 Å². The average molecular weight is 438 g/mol. The van der Waals surface area contributed by atoms with Gasteiger partial charge in [-0.05, 0) is 23.8 Å². The molecule has 4 aromatic rings. The van der Waals surface area contributed by atoms with Crippen molar-refractivity contribution in [3.8, 4) is 0 Å². The first-order chi connectivity index (χ1) is 13.5. The van der Waals surface area contributed by atoms with E-state index in [1.54, 1.807) is 24.1 Å². The molecule has 7 nitrogen and oxygen atoms in total. The highest BCUT2D eigenvalue weighted by molar-refractivity contribution is 9.10. The summed E-state index contributed by atoms with van der Waals surface area (Å²) in [5, 5.41) is 7.66. The van der Waals surface area contributed by atoms with E-state index >= 15 is 0 Å². The Morgan fingerprint density at radius 1 is 1.14 bits per heavy atom. The van der Waals surface area contributed by atoms with Crippen molar-refractivity contribution in [2.75, 3.05) is 5.32 Å². The van der Waals surface area contributed by atoms with E-state index < -0.39 is 5.91 Å². The van der Waals surface area contributed by atoms with Crippen LogP contribution in [0.5, 0.6) is 0 Å². The molecule has 0 atom stereocenters. The van der Waals surface area contributed by atoms with Crippen LogP contribution in [0.1, 0.15) is 15.9 Å². The van der Waals surface area contributed by atoms with Crippen LogP contribution in [0.4, 0.5) is 5.95 Å². The van der Waals surface area contributed by atoms with Gasteiger partial charge < -0.3 is 4.57 Å². The molecule has 0 radical (unpaired) electrons. The Kier molecular flexibility index (Phi) is 4.79. The molecule has 28 heavy (non-hydrogen) atoms. The maximum absolute atomic E-state index is 12.7. The highest BCUT2D eigenvalue weighted by atomic mass is 79.9. The van der Waals surface area contributed by atoms with Crippen molar-refractivity contribution in [2.45, 2.75) is 6.54 Å². The van der Waals surface area contributed by atoms with Crippen LogP contribution in [0.3, 0.4) is 0 Å². The number of carbonyl (C=O) groups is 1. The molecule has 0 bridgehead atoms. The van der Waals surface area contributed by atoms with E-state index in [1.165, 1.54) is 10.6 Å². The zero-order valence-corrected chi connectivity index (χ0v) is 16.5. The number of para-hydroxylation sites is 1. The van der Waals surface area contributed by atoms with Gasteiger partial charge in [-0.2, -0.15) is 0 Å². The van der Waals surface area contributed by atoms with Gasteiger partial charge in [0.25, 0.3) is 11.5 Å². The Hall–Kier alpha value is -3.26. The standard InChI is InChI=1S/C20H16BrN5O2/c1-25-17-5-3-2-4-15(17)16(10-18(25)27)19(28)23-20-22-12-26(24-20)11-13-6-8-14(21)9-7-13/h2-10,12H,11H2,1H3,(H,23,24,28). The minimum atomic E-state index is -0.421. The Balaban J connectivity index is 1.57. The number of nitrogens with one attached hydrogen (secondary N) is 1.